The molecule has 94 valence electrons. The third-order valence-electron chi connectivity index (χ3n) is 2.05. The van der Waals surface area contributed by atoms with Gasteiger partial charge >= 0.3 is 0 Å². The Kier molecular flexibility index (Phi) is 6.16. The third kappa shape index (κ3) is 4.84. The van der Waals surface area contributed by atoms with Crippen molar-refractivity contribution in [3.05, 3.63) is 23.2 Å². The summed E-state index contributed by atoms with van der Waals surface area (Å²) in [5.74, 6) is 1.01. The van der Waals surface area contributed by atoms with E-state index < -0.39 is 0 Å². The van der Waals surface area contributed by atoms with Crippen molar-refractivity contribution in [2.24, 2.45) is 0 Å². The molecule has 0 aliphatic carbocycles. The van der Waals surface area contributed by atoms with E-state index in [2.05, 4.69) is 5.32 Å². The fourth-order valence-electron chi connectivity index (χ4n) is 1.32. The van der Waals surface area contributed by atoms with E-state index in [4.69, 9.17) is 27.9 Å². The summed E-state index contributed by atoms with van der Waals surface area (Å²) in [5, 5.41) is 3.32. The average molecular weight is 276 g/mol. The summed E-state index contributed by atoms with van der Waals surface area (Å²) in [7, 11) is 0. The first-order valence-corrected chi connectivity index (χ1v) is 6.36. The highest BCUT2D eigenvalue weighted by molar-refractivity contribution is 6.31. The molecule has 0 bridgehead atoms. The standard InChI is InChI=1S/C12H15Cl2NO2/c1-2-17-11-6-5-9(14)8-10(11)15-12(16)4-3-7-13/h5-6,8H,2-4,7H2,1H3,(H,15,16). The maximum absolute atomic E-state index is 11.6. The van der Waals surface area contributed by atoms with Crippen molar-refractivity contribution in [3.63, 3.8) is 0 Å². The molecule has 0 atom stereocenters. The van der Waals surface area contributed by atoms with Crippen LogP contribution in [0, 0.1) is 0 Å². The Morgan fingerprint density at radius 2 is 2.24 bits per heavy atom. The molecule has 0 radical (unpaired) electrons. The van der Waals surface area contributed by atoms with Gasteiger partial charge in [0.25, 0.3) is 0 Å². The average Bonchev–Trinajstić information content (AvgIpc) is 2.30. The van der Waals surface area contributed by atoms with Gasteiger partial charge < -0.3 is 10.1 Å². The number of benzene rings is 1. The van der Waals surface area contributed by atoms with Crippen LogP contribution in [0.25, 0.3) is 0 Å². The second kappa shape index (κ2) is 7.41. The number of hydrogen-bond acceptors (Lipinski definition) is 2. The maximum atomic E-state index is 11.6. The second-order valence-electron chi connectivity index (χ2n) is 3.41. The van der Waals surface area contributed by atoms with Crippen LogP contribution in [-0.4, -0.2) is 18.4 Å². The number of anilines is 1. The Labute approximate surface area is 111 Å². The van der Waals surface area contributed by atoms with Gasteiger partial charge in [-0.3, -0.25) is 4.79 Å². The summed E-state index contributed by atoms with van der Waals surface area (Å²) >= 11 is 11.4. The zero-order valence-electron chi connectivity index (χ0n) is 9.63. The van der Waals surface area contributed by atoms with Gasteiger partial charge in [-0.2, -0.15) is 0 Å². The number of carbonyl (C=O) groups excluding carboxylic acids is 1. The maximum Gasteiger partial charge on any atom is 0.224 e. The van der Waals surface area contributed by atoms with E-state index in [-0.39, 0.29) is 5.91 Å². The Morgan fingerprint density at radius 3 is 2.88 bits per heavy atom. The van der Waals surface area contributed by atoms with E-state index >= 15 is 0 Å². The second-order valence-corrected chi connectivity index (χ2v) is 4.23. The van der Waals surface area contributed by atoms with E-state index in [1.807, 2.05) is 6.92 Å². The first-order chi connectivity index (χ1) is 8.17. The normalized spacial score (nSPS) is 10.1. The lowest BCUT2D eigenvalue weighted by Gasteiger charge is -2.11. The minimum atomic E-state index is -0.0890. The van der Waals surface area contributed by atoms with E-state index in [9.17, 15) is 4.79 Å². The molecule has 17 heavy (non-hydrogen) atoms. The molecule has 0 spiro atoms. The topological polar surface area (TPSA) is 38.3 Å². The fourth-order valence-corrected chi connectivity index (χ4v) is 1.63. The van der Waals surface area contributed by atoms with Crippen LogP contribution >= 0.6 is 23.2 Å². The molecule has 0 aliphatic rings. The summed E-state index contributed by atoms with van der Waals surface area (Å²) in [6.07, 6.45) is 1.04. The highest BCUT2D eigenvalue weighted by Crippen LogP contribution is 2.28. The van der Waals surface area contributed by atoms with Gasteiger partial charge in [0.2, 0.25) is 5.91 Å². The Bertz CT molecular complexity index is 383. The summed E-state index contributed by atoms with van der Waals surface area (Å²) < 4.78 is 5.40. The summed E-state index contributed by atoms with van der Waals surface area (Å²) in [6, 6.07) is 5.13. The lowest BCUT2D eigenvalue weighted by Crippen LogP contribution is -2.12. The summed E-state index contributed by atoms with van der Waals surface area (Å²) in [4.78, 5) is 11.6. The molecule has 3 nitrogen and oxygen atoms in total. The number of rotatable bonds is 6. The number of hydrogen-bond donors (Lipinski definition) is 1. The molecule has 1 amide bonds. The fraction of sp³-hybridized carbons (Fsp3) is 0.417. The van der Waals surface area contributed by atoms with Crippen molar-refractivity contribution in [1.29, 1.82) is 0 Å². The van der Waals surface area contributed by atoms with Gasteiger partial charge in [0.05, 0.1) is 12.3 Å². The SMILES string of the molecule is CCOc1ccc(Cl)cc1NC(=O)CCCCl. The lowest BCUT2D eigenvalue weighted by molar-refractivity contribution is -0.116. The van der Waals surface area contributed by atoms with Crippen LogP contribution in [-0.2, 0) is 4.79 Å². The summed E-state index contributed by atoms with van der Waals surface area (Å²) in [5.41, 5.74) is 0.596. The largest absolute Gasteiger partial charge is 0.492 e. The highest BCUT2D eigenvalue weighted by atomic mass is 35.5. The van der Waals surface area contributed by atoms with E-state index in [0.29, 0.717) is 41.8 Å². The minimum absolute atomic E-state index is 0.0890. The van der Waals surface area contributed by atoms with E-state index in [0.717, 1.165) is 0 Å². The van der Waals surface area contributed by atoms with E-state index in [1.54, 1.807) is 18.2 Å². The number of alkyl halides is 1. The lowest BCUT2D eigenvalue weighted by atomic mass is 10.2. The van der Waals surface area contributed by atoms with Crippen molar-refractivity contribution < 1.29 is 9.53 Å². The molecule has 1 rings (SSSR count). The van der Waals surface area contributed by atoms with Crippen LogP contribution in [0.2, 0.25) is 5.02 Å². The van der Waals surface area contributed by atoms with Gasteiger partial charge in [-0.15, -0.1) is 11.6 Å². The van der Waals surface area contributed by atoms with Gasteiger partial charge in [-0.25, -0.2) is 0 Å². The van der Waals surface area contributed by atoms with Crippen molar-refractivity contribution >= 4 is 34.8 Å². The molecule has 0 aliphatic heterocycles. The molecular formula is C12H15Cl2NO2. The molecule has 1 aromatic rings. The number of nitrogens with one attached hydrogen (secondary N) is 1. The van der Waals surface area contributed by atoms with Crippen molar-refractivity contribution in [3.8, 4) is 5.75 Å². The minimum Gasteiger partial charge on any atom is -0.492 e. The number of amides is 1. The van der Waals surface area contributed by atoms with Crippen LogP contribution in [0.15, 0.2) is 18.2 Å². The Hall–Kier alpha value is -0.930. The molecule has 0 saturated carbocycles. The van der Waals surface area contributed by atoms with Crippen LogP contribution < -0.4 is 10.1 Å². The Balaban J connectivity index is 2.73. The molecule has 1 aromatic carbocycles. The van der Waals surface area contributed by atoms with E-state index in [1.165, 1.54) is 0 Å². The molecule has 0 unspecified atom stereocenters. The molecule has 0 heterocycles. The van der Waals surface area contributed by atoms with Crippen molar-refractivity contribution in [2.75, 3.05) is 17.8 Å². The predicted octanol–water partition coefficient (Wildman–Crippen LogP) is 3.70. The first kappa shape index (κ1) is 14.1. The monoisotopic (exact) mass is 275 g/mol. The van der Waals surface area contributed by atoms with Crippen LogP contribution in [0.4, 0.5) is 5.69 Å². The van der Waals surface area contributed by atoms with Crippen molar-refractivity contribution in [1.82, 2.24) is 0 Å². The van der Waals surface area contributed by atoms with Gasteiger partial charge in [0.15, 0.2) is 0 Å². The predicted molar refractivity (Wildman–Crippen MR) is 71.2 cm³/mol. The number of carbonyl (C=O) groups is 1. The first-order valence-electron chi connectivity index (χ1n) is 5.45. The van der Waals surface area contributed by atoms with Crippen LogP contribution in [0.1, 0.15) is 19.8 Å². The smallest absolute Gasteiger partial charge is 0.224 e. The molecule has 5 heteroatoms. The highest BCUT2D eigenvalue weighted by Gasteiger charge is 2.08. The zero-order valence-corrected chi connectivity index (χ0v) is 11.1. The molecular weight excluding hydrogens is 261 g/mol. The molecule has 0 saturated heterocycles. The Morgan fingerprint density at radius 1 is 1.47 bits per heavy atom. The van der Waals surface area contributed by atoms with Gasteiger partial charge in [0.1, 0.15) is 5.75 Å². The molecule has 1 N–H and O–H groups in total. The van der Waals surface area contributed by atoms with Crippen LogP contribution in [0.5, 0.6) is 5.75 Å². The van der Waals surface area contributed by atoms with Gasteiger partial charge in [-0.1, -0.05) is 11.6 Å². The quantitative estimate of drug-likeness (QED) is 0.804. The third-order valence-corrected chi connectivity index (χ3v) is 2.56. The van der Waals surface area contributed by atoms with Crippen molar-refractivity contribution in [2.45, 2.75) is 19.8 Å². The summed E-state index contributed by atoms with van der Waals surface area (Å²) in [6.45, 7) is 2.42. The number of ether oxygens (including phenoxy) is 1. The molecule has 0 aromatic heterocycles. The molecule has 0 fully saturated rings. The van der Waals surface area contributed by atoms with Gasteiger partial charge in [-0.05, 0) is 31.5 Å². The zero-order chi connectivity index (χ0) is 12.7. The van der Waals surface area contributed by atoms with Gasteiger partial charge in [0, 0.05) is 17.3 Å². The number of halogens is 2. The van der Waals surface area contributed by atoms with Crippen LogP contribution in [0.3, 0.4) is 0 Å².